The number of nitrogens with one attached hydrogen (secondary N) is 1. The summed E-state index contributed by atoms with van der Waals surface area (Å²) in [7, 11) is 0. The van der Waals surface area contributed by atoms with Crippen molar-refractivity contribution in [2.24, 2.45) is 0 Å². The van der Waals surface area contributed by atoms with Crippen molar-refractivity contribution in [2.45, 2.75) is 6.92 Å². The summed E-state index contributed by atoms with van der Waals surface area (Å²) < 4.78 is 7.82. The number of thiocarbonyl (C=S) groups is 1. The summed E-state index contributed by atoms with van der Waals surface area (Å²) in [6.07, 6.45) is 1.78. The minimum atomic E-state index is -0.173. The molecule has 0 bridgehead atoms. The van der Waals surface area contributed by atoms with Crippen molar-refractivity contribution in [3.8, 4) is 5.75 Å². The van der Waals surface area contributed by atoms with Crippen LogP contribution in [0.2, 0.25) is 0 Å². The predicted molar refractivity (Wildman–Crippen MR) is 89.3 cm³/mol. The first-order valence-corrected chi connectivity index (χ1v) is 8.19. The van der Waals surface area contributed by atoms with Gasteiger partial charge in [-0.1, -0.05) is 39.9 Å². The lowest BCUT2D eigenvalue weighted by Gasteiger charge is -2.10. The van der Waals surface area contributed by atoms with Gasteiger partial charge in [0.05, 0.1) is 16.0 Å². The third kappa shape index (κ3) is 3.59. The molecule has 1 aromatic rings. The van der Waals surface area contributed by atoms with Crippen molar-refractivity contribution >= 4 is 72.1 Å². The highest BCUT2D eigenvalue weighted by molar-refractivity contribution is 9.11. The van der Waals surface area contributed by atoms with Crippen LogP contribution >= 0.6 is 55.8 Å². The number of hydrogen-bond donors (Lipinski definition) is 1. The van der Waals surface area contributed by atoms with Crippen molar-refractivity contribution in [1.82, 2.24) is 5.32 Å². The first-order chi connectivity index (χ1) is 9.01. The van der Waals surface area contributed by atoms with E-state index in [0.29, 0.717) is 21.6 Å². The number of carbonyl (C=O) groups excluding carboxylic acids is 1. The zero-order valence-corrected chi connectivity index (χ0v) is 14.6. The third-order valence-corrected chi connectivity index (χ3v) is 4.46. The molecule has 7 heteroatoms. The van der Waals surface area contributed by atoms with E-state index in [0.717, 1.165) is 14.5 Å². The van der Waals surface area contributed by atoms with E-state index in [1.165, 1.54) is 11.8 Å². The van der Waals surface area contributed by atoms with Gasteiger partial charge in [0.2, 0.25) is 0 Å². The molecule has 0 aromatic heterocycles. The maximum absolute atomic E-state index is 11.7. The number of halogens is 2. The Kier molecular flexibility index (Phi) is 5.05. The molecule has 2 rings (SSSR count). The number of carbonyl (C=O) groups is 1. The van der Waals surface area contributed by atoms with E-state index >= 15 is 0 Å². The van der Waals surface area contributed by atoms with Gasteiger partial charge in [0, 0.05) is 10.0 Å². The van der Waals surface area contributed by atoms with Crippen LogP contribution in [0.3, 0.4) is 0 Å². The van der Waals surface area contributed by atoms with Crippen LogP contribution < -0.4 is 10.1 Å². The fourth-order valence-electron chi connectivity index (χ4n) is 1.55. The Morgan fingerprint density at radius 1 is 1.47 bits per heavy atom. The Morgan fingerprint density at radius 2 is 2.21 bits per heavy atom. The minimum Gasteiger partial charge on any atom is -0.492 e. The van der Waals surface area contributed by atoms with E-state index in [1.807, 2.05) is 19.1 Å². The molecule has 1 fully saturated rings. The smallest absolute Gasteiger partial charge is 0.263 e. The summed E-state index contributed by atoms with van der Waals surface area (Å²) in [6, 6.07) is 3.80. The molecule has 0 aliphatic carbocycles. The van der Waals surface area contributed by atoms with Crippen LogP contribution in [-0.2, 0) is 4.79 Å². The van der Waals surface area contributed by atoms with Gasteiger partial charge < -0.3 is 10.1 Å². The second kappa shape index (κ2) is 6.39. The molecule has 1 heterocycles. The number of hydrogen-bond acceptors (Lipinski definition) is 4. The molecule has 19 heavy (non-hydrogen) atoms. The van der Waals surface area contributed by atoms with Crippen molar-refractivity contribution in [1.29, 1.82) is 0 Å². The average molecular weight is 423 g/mol. The van der Waals surface area contributed by atoms with Gasteiger partial charge in [-0.25, -0.2) is 0 Å². The van der Waals surface area contributed by atoms with Crippen molar-refractivity contribution in [2.75, 3.05) is 6.61 Å². The van der Waals surface area contributed by atoms with Crippen molar-refractivity contribution in [3.63, 3.8) is 0 Å². The third-order valence-electron chi connectivity index (χ3n) is 2.25. The van der Waals surface area contributed by atoms with E-state index in [2.05, 4.69) is 37.2 Å². The summed E-state index contributed by atoms with van der Waals surface area (Å²) in [4.78, 5) is 12.2. The van der Waals surface area contributed by atoms with Crippen LogP contribution in [-0.4, -0.2) is 16.8 Å². The minimum absolute atomic E-state index is 0.173. The average Bonchev–Trinajstić information content (AvgIpc) is 2.62. The molecule has 1 saturated heterocycles. The zero-order valence-electron chi connectivity index (χ0n) is 9.83. The largest absolute Gasteiger partial charge is 0.492 e. The first kappa shape index (κ1) is 15.0. The topological polar surface area (TPSA) is 38.3 Å². The molecule has 1 aliphatic heterocycles. The molecule has 0 atom stereocenters. The molecular formula is C12H9Br2NO2S2. The van der Waals surface area contributed by atoms with E-state index in [4.69, 9.17) is 17.0 Å². The molecule has 0 saturated carbocycles. The predicted octanol–water partition coefficient (Wildman–Crippen LogP) is 4.10. The lowest BCUT2D eigenvalue weighted by Crippen LogP contribution is -2.17. The monoisotopic (exact) mass is 421 g/mol. The standard InChI is InChI=1S/C12H9Br2NO2S2/c1-2-17-10-6(3-7(13)5-8(10)14)4-9-11(16)15-12(18)19-9/h3-5H,2H2,1H3,(H,15,16,18)/b9-4-. The summed E-state index contributed by atoms with van der Waals surface area (Å²) in [5, 5.41) is 2.59. The SMILES string of the molecule is CCOc1c(Br)cc(Br)cc1/C=C1\SC(=S)NC1=O. The van der Waals surface area contributed by atoms with Crippen LogP contribution in [0.15, 0.2) is 26.0 Å². The van der Waals surface area contributed by atoms with E-state index < -0.39 is 0 Å². The summed E-state index contributed by atoms with van der Waals surface area (Å²) >= 11 is 13.1. The quantitative estimate of drug-likeness (QED) is 0.587. The Morgan fingerprint density at radius 3 is 2.79 bits per heavy atom. The van der Waals surface area contributed by atoms with Gasteiger partial charge >= 0.3 is 0 Å². The second-order valence-electron chi connectivity index (χ2n) is 3.59. The molecule has 100 valence electrons. The van der Waals surface area contributed by atoms with Crippen LogP contribution in [0, 0.1) is 0 Å². The lowest BCUT2D eigenvalue weighted by atomic mass is 10.2. The molecule has 1 N–H and O–H groups in total. The number of ether oxygens (including phenoxy) is 1. The maximum Gasteiger partial charge on any atom is 0.263 e. The summed E-state index contributed by atoms with van der Waals surface area (Å²) in [5.74, 6) is 0.540. The van der Waals surface area contributed by atoms with E-state index in [9.17, 15) is 4.79 Å². The highest BCUT2D eigenvalue weighted by Gasteiger charge is 2.23. The zero-order chi connectivity index (χ0) is 14.0. The number of benzene rings is 1. The molecule has 3 nitrogen and oxygen atoms in total. The van der Waals surface area contributed by atoms with Crippen LogP contribution in [0.4, 0.5) is 0 Å². The molecule has 1 aliphatic rings. The van der Waals surface area contributed by atoms with Gasteiger partial charge in [0.25, 0.3) is 5.91 Å². The van der Waals surface area contributed by atoms with Crippen LogP contribution in [0.1, 0.15) is 12.5 Å². The fourth-order valence-corrected chi connectivity index (χ4v) is 3.95. The summed E-state index contributed by atoms with van der Waals surface area (Å²) in [5.41, 5.74) is 0.824. The van der Waals surface area contributed by atoms with Gasteiger partial charge in [-0.2, -0.15) is 0 Å². The molecular weight excluding hydrogens is 414 g/mol. The number of amides is 1. The molecule has 0 radical (unpaired) electrons. The molecule has 1 amide bonds. The van der Waals surface area contributed by atoms with Gasteiger partial charge in [0.1, 0.15) is 10.1 Å². The summed E-state index contributed by atoms with van der Waals surface area (Å²) in [6.45, 7) is 2.46. The maximum atomic E-state index is 11.7. The Balaban J connectivity index is 2.46. The highest BCUT2D eigenvalue weighted by atomic mass is 79.9. The van der Waals surface area contributed by atoms with Crippen LogP contribution in [0.5, 0.6) is 5.75 Å². The number of rotatable bonds is 3. The molecule has 0 unspecified atom stereocenters. The fraction of sp³-hybridized carbons (Fsp3) is 0.167. The molecule has 0 spiro atoms. The number of thioether (sulfide) groups is 1. The lowest BCUT2D eigenvalue weighted by molar-refractivity contribution is -0.115. The van der Waals surface area contributed by atoms with Crippen molar-refractivity contribution in [3.05, 3.63) is 31.5 Å². The van der Waals surface area contributed by atoms with Gasteiger partial charge in [0.15, 0.2) is 0 Å². The van der Waals surface area contributed by atoms with Crippen LogP contribution in [0.25, 0.3) is 6.08 Å². The Labute approximate surface area is 137 Å². The van der Waals surface area contributed by atoms with E-state index in [-0.39, 0.29) is 5.91 Å². The molecule has 1 aromatic carbocycles. The Bertz CT molecular complexity index is 587. The Hall–Kier alpha value is -0.370. The van der Waals surface area contributed by atoms with Gasteiger partial charge in [-0.15, -0.1) is 0 Å². The second-order valence-corrected chi connectivity index (χ2v) is 7.08. The van der Waals surface area contributed by atoms with E-state index in [1.54, 1.807) is 6.08 Å². The van der Waals surface area contributed by atoms with Crippen molar-refractivity contribution < 1.29 is 9.53 Å². The highest BCUT2D eigenvalue weighted by Crippen LogP contribution is 2.36. The normalized spacial score (nSPS) is 16.9. The first-order valence-electron chi connectivity index (χ1n) is 5.38. The van der Waals surface area contributed by atoms with Gasteiger partial charge in [-0.05, 0) is 41.1 Å². The van der Waals surface area contributed by atoms with Gasteiger partial charge in [-0.3, -0.25) is 4.79 Å².